The van der Waals surface area contributed by atoms with Crippen molar-refractivity contribution in [1.82, 2.24) is 0 Å². The molecule has 6 heteroatoms. The van der Waals surface area contributed by atoms with E-state index in [1.54, 1.807) is 0 Å². The summed E-state index contributed by atoms with van der Waals surface area (Å²) >= 11 is 0. The van der Waals surface area contributed by atoms with Crippen LogP contribution < -0.4 is 9.47 Å². The van der Waals surface area contributed by atoms with Crippen LogP contribution in [0, 0.1) is 5.92 Å². The Morgan fingerprint density at radius 1 is 0.821 bits per heavy atom. The average molecular weight is 386 g/mol. The van der Waals surface area contributed by atoms with E-state index in [1.165, 1.54) is 0 Å². The first-order valence-electron chi connectivity index (χ1n) is 9.69. The zero-order chi connectivity index (χ0) is 19.7. The van der Waals surface area contributed by atoms with Crippen molar-refractivity contribution in [2.45, 2.75) is 37.1 Å². The van der Waals surface area contributed by atoms with Gasteiger partial charge in [0.05, 0.1) is 12.2 Å². The van der Waals surface area contributed by atoms with Crippen LogP contribution in [0.2, 0.25) is 0 Å². The molecule has 0 amide bonds. The maximum atomic E-state index is 10.5. The van der Waals surface area contributed by atoms with Gasteiger partial charge in [0.15, 0.2) is 11.5 Å². The van der Waals surface area contributed by atoms with Crippen LogP contribution in [0.1, 0.15) is 29.0 Å². The third-order valence-electron chi connectivity index (χ3n) is 5.78. The van der Waals surface area contributed by atoms with Gasteiger partial charge in [0.25, 0.3) is 0 Å². The summed E-state index contributed by atoms with van der Waals surface area (Å²) in [7, 11) is 0. The second-order valence-electron chi connectivity index (χ2n) is 7.66. The lowest BCUT2D eigenvalue weighted by Gasteiger charge is -2.40. The van der Waals surface area contributed by atoms with Crippen LogP contribution in [0.4, 0.5) is 0 Å². The quantitative estimate of drug-likeness (QED) is 0.631. The minimum Gasteiger partial charge on any atom is -0.486 e. The highest BCUT2D eigenvalue weighted by Gasteiger charge is 2.42. The molecule has 28 heavy (non-hydrogen) atoms. The highest BCUT2D eigenvalue weighted by atomic mass is 16.6. The molecule has 6 nitrogen and oxygen atoms in total. The van der Waals surface area contributed by atoms with E-state index in [1.807, 2.05) is 42.5 Å². The standard InChI is InChI=1S/C22H26O6/c23-12-16-11-17(21(25)22(26)20(16)24)15-3-1-2-13(9-15)8-14-4-5-18-19(10-14)28-7-6-27-18/h1-5,9-10,16-17,20-26H,6-8,11-12H2. The maximum Gasteiger partial charge on any atom is 0.161 e. The summed E-state index contributed by atoms with van der Waals surface area (Å²) in [6.07, 6.45) is -2.33. The van der Waals surface area contributed by atoms with Gasteiger partial charge in [-0.05, 0) is 41.7 Å². The third-order valence-corrected chi connectivity index (χ3v) is 5.78. The third kappa shape index (κ3) is 3.73. The first-order chi connectivity index (χ1) is 13.6. The molecule has 1 aliphatic carbocycles. The van der Waals surface area contributed by atoms with Crippen LogP contribution >= 0.6 is 0 Å². The van der Waals surface area contributed by atoms with E-state index in [0.717, 1.165) is 28.2 Å². The molecule has 0 aromatic heterocycles. The van der Waals surface area contributed by atoms with Crippen LogP contribution in [0.3, 0.4) is 0 Å². The van der Waals surface area contributed by atoms with Gasteiger partial charge in [-0.1, -0.05) is 30.3 Å². The van der Waals surface area contributed by atoms with Crippen molar-refractivity contribution in [3.05, 3.63) is 59.2 Å². The van der Waals surface area contributed by atoms with Crippen molar-refractivity contribution >= 4 is 0 Å². The molecule has 1 saturated carbocycles. The first kappa shape index (κ1) is 19.2. The van der Waals surface area contributed by atoms with E-state index in [4.69, 9.17) is 9.47 Å². The van der Waals surface area contributed by atoms with Gasteiger partial charge in [0.1, 0.15) is 19.3 Å². The molecule has 0 spiro atoms. The second-order valence-corrected chi connectivity index (χ2v) is 7.66. The zero-order valence-corrected chi connectivity index (χ0v) is 15.6. The molecule has 4 N–H and O–H groups in total. The van der Waals surface area contributed by atoms with Gasteiger partial charge in [0, 0.05) is 18.4 Å². The number of rotatable bonds is 4. The van der Waals surface area contributed by atoms with Crippen LogP contribution in [0.15, 0.2) is 42.5 Å². The highest BCUT2D eigenvalue weighted by molar-refractivity contribution is 5.45. The SMILES string of the molecule is OCC1CC(c2cccc(Cc3ccc4c(c3)OCCO4)c2)C(O)C(O)C1O. The van der Waals surface area contributed by atoms with Crippen LogP contribution in [0.25, 0.3) is 0 Å². The lowest BCUT2D eigenvalue weighted by Crippen LogP contribution is -2.51. The summed E-state index contributed by atoms with van der Waals surface area (Å²) in [6.45, 7) is 0.886. The number of ether oxygens (including phenoxy) is 2. The number of aliphatic hydroxyl groups excluding tert-OH is 4. The van der Waals surface area contributed by atoms with E-state index in [-0.39, 0.29) is 12.5 Å². The molecule has 1 fully saturated rings. The molecular weight excluding hydrogens is 360 g/mol. The molecule has 0 bridgehead atoms. The monoisotopic (exact) mass is 386 g/mol. The van der Waals surface area contributed by atoms with E-state index in [2.05, 4.69) is 0 Å². The van der Waals surface area contributed by atoms with Crippen molar-refractivity contribution in [2.24, 2.45) is 5.92 Å². The first-order valence-corrected chi connectivity index (χ1v) is 9.69. The lowest BCUT2D eigenvalue weighted by molar-refractivity contribution is -0.127. The van der Waals surface area contributed by atoms with Crippen molar-refractivity contribution in [3.8, 4) is 11.5 Å². The summed E-state index contributed by atoms with van der Waals surface area (Å²) in [5.74, 6) is 0.725. The fourth-order valence-corrected chi connectivity index (χ4v) is 4.21. The zero-order valence-electron chi connectivity index (χ0n) is 15.6. The van der Waals surface area contributed by atoms with E-state index in [9.17, 15) is 20.4 Å². The second kappa shape index (κ2) is 8.09. The number of hydrogen-bond donors (Lipinski definition) is 4. The number of fused-ring (bicyclic) bond motifs is 1. The molecular formula is C22H26O6. The Hall–Kier alpha value is -2.12. The summed E-state index contributed by atoms with van der Waals surface area (Å²) < 4.78 is 11.2. The Kier molecular flexibility index (Phi) is 5.55. The number of benzene rings is 2. The topological polar surface area (TPSA) is 99.4 Å². The molecule has 150 valence electrons. The Labute approximate surface area is 164 Å². The predicted molar refractivity (Wildman–Crippen MR) is 103 cm³/mol. The lowest BCUT2D eigenvalue weighted by atomic mass is 9.73. The molecule has 2 aliphatic rings. The number of aliphatic hydroxyl groups is 4. The number of hydrogen-bond acceptors (Lipinski definition) is 6. The minimum atomic E-state index is -1.27. The predicted octanol–water partition coefficient (Wildman–Crippen LogP) is 1.23. The van der Waals surface area contributed by atoms with Gasteiger partial charge in [0.2, 0.25) is 0 Å². The fraction of sp³-hybridized carbons (Fsp3) is 0.455. The van der Waals surface area contributed by atoms with Gasteiger partial charge in [-0.15, -0.1) is 0 Å². The Bertz CT molecular complexity index is 820. The molecule has 4 rings (SSSR count). The van der Waals surface area contributed by atoms with E-state index in [0.29, 0.717) is 26.1 Å². The van der Waals surface area contributed by atoms with Crippen molar-refractivity contribution in [1.29, 1.82) is 0 Å². The van der Waals surface area contributed by atoms with Crippen molar-refractivity contribution in [2.75, 3.05) is 19.8 Å². The molecule has 2 aromatic rings. The summed E-state index contributed by atoms with van der Waals surface area (Å²) in [5.41, 5.74) is 3.06. The van der Waals surface area contributed by atoms with Gasteiger partial charge in [-0.2, -0.15) is 0 Å². The molecule has 0 radical (unpaired) electrons. The Balaban J connectivity index is 1.54. The fourth-order valence-electron chi connectivity index (χ4n) is 4.21. The van der Waals surface area contributed by atoms with E-state index >= 15 is 0 Å². The van der Waals surface area contributed by atoms with Gasteiger partial charge >= 0.3 is 0 Å². The normalized spacial score (nSPS) is 29.5. The molecule has 1 aliphatic heterocycles. The highest BCUT2D eigenvalue weighted by Crippen LogP contribution is 2.37. The van der Waals surface area contributed by atoms with Crippen molar-refractivity contribution in [3.63, 3.8) is 0 Å². The molecule has 0 saturated heterocycles. The molecule has 5 unspecified atom stereocenters. The minimum absolute atomic E-state index is 0.224. The molecule has 5 atom stereocenters. The summed E-state index contributed by atoms with van der Waals surface area (Å²) in [6, 6.07) is 13.8. The van der Waals surface area contributed by atoms with Crippen LogP contribution in [-0.2, 0) is 6.42 Å². The van der Waals surface area contributed by atoms with Gasteiger partial charge in [-0.25, -0.2) is 0 Å². The molecule has 1 heterocycles. The van der Waals surface area contributed by atoms with Gasteiger partial charge in [-0.3, -0.25) is 0 Å². The maximum absolute atomic E-state index is 10.5. The average Bonchev–Trinajstić information content (AvgIpc) is 2.72. The smallest absolute Gasteiger partial charge is 0.161 e. The van der Waals surface area contributed by atoms with Crippen molar-refractivity contribution < 1.29 is 29.9 Å². The Morgan fingerprint density at radius 3 is 2.36 bits per heavy atom. The van der Waals surface area contributed by atoms with Crippen LogP contribution in [-0.4, -0.2) is 58.6 Å². The summed E-state index contributed by atoms with van der Waals surface area (Å²) in [5, 5.41) is 40.2. The summed E-state index contributed by atoms with van der Waals surface area (Å²) in [4.78, 5) is 0. The largest absolute Gasteiger partial charge is 0.486 e. The van der Waals surface area contributed by atoms with Crippen LogP contribution in [0.5, 0.6) is 11.5 Å². The molecule has 2 aromatic carbocycles. The Morgan fingerprint density at radius 2 is 1.57 bits per heavy atom. The van der Waals surface area contributed by atoms with E-state index < -0.39 is 24.2 Å². The van der Waals surface area contributed by atoms with Gasteiger partial charge < -0.3 is 29.9 Å².